The van der Waals surface area contributed by atoms with Crippen molar-refractivity contribution in [2.45, 2.75) is 0 Å². The van der Waals surface area contributed by atoms with Crippen LogP contribution in [-0.2, 0) is 9.13 Å². The molecule has 0 unspecified atom stereocenters. The summed E-state index contributed by atoms with van der Waals surface area (Å²) in [5.41, 5.74) is 0. The second-order valence-electron chi connectivity index (χ2n) is 1.03. The number of phosphoric acid groups is 2. The van der Waals surface area contributed by atoms with E-state index in [9.17, 15) is 0 Å². The molecule has 0 aromatic heterocycles. The van der Waals surface area contributed by atoms with E-state index in [0.717, 1.165) is 0 Å². The van der Waals surface area contributed by atoms with Gasteiger partial charge in [-0.3, -0.25) is 0 Å². The van der Waals surface area contributed by atoms with Crippen LogP contribution in [0, 0.1) is 0 Å². The molecule has 16 nitrogen and oxygen atoms in total. The molecule has 0 aromatic carbocycles. The molecule has 18 heteroatoms. The molecule has 0 atom stereocenters. The summed E-state index contributed by atoms with van der Waals surface area (Å²) >= 11 is 0. The summed E-state index contributed by atoms with van der Waals surface area (Å²) in [5.74, 6) is 0. The maximum Gasteiger partial charge on any atom is 0.466 e. The molecule has 128 valence electrons. The molecule has 0 aliphatic carbocycles. The van der Waals surface area contributed by atoms with E-state index in [2.05, 4.69) is 0 Å². The predicted molar refractivity (Wildman–Crippen MR) is 57.4 cm³/mol. The van der Waals surface area contributed by atoms with E-state index in [4.69, 9.17) is 38.5 Å². The van der Waals surface area contributed by atoms with Crippen molar-refractivity contribution in [1.29, 1.82) is 0 Å². The second kappa shape index (κ2) is 30.2. The molecule has 0 spiro atoms. The van der Waals surface area contributed by atoms with Gasteiger partial charge < -0.3 is 73.2 Å². The average molecular weight is 340 g/mol. The van der Waals surface area contributed by atoms with Crippen molar-refractivity contribution in [2.24, 2.45) is 0 Å². The van der Waals surface area contributed by atoms with Crippen LogP contribution >= 0.6 is 15.6 Å². The van der Waals surface area contributed by atoms with E-state index in [-0.39, 0.29) is 43.8 Å². The molecular weight excluding hydrogens is 318 g/mol. The van der Waals surface area contributed by atoms with Gasteiger partial charge >= 0.3 is 15.6 Å². The number of hydrogen-bond donors (Lipinski definition) is 6. The van der Waals surface area contributed by atoms with Crippen LogP contribution in [0.4, 0.5) is 0 Å². The first kappa shape index (κ1) is 81.9. The summed E-state index contributed by atoms with van der Waals surface area (Å²) in [6, 6.07) is 0. The van der Waals surface area contributed by atoms with Crippen LogP contribution in [-0.4, -0.2) is 73.2 Å². The highest BCUT2D eigenvalue weighted by atomic mass is 31.2. The molecule has 0 fully saturated rings. The van der Waals surface area contributed by atoms with Crippen LogP contribution in [0.3, 0.4) is 0 Å². The largest absolute Gasteiger partial charge is 0.466 e. The Bertz CT molecular complexity index is 121. The van der Waals surface area contributed by atoms with Crippen LogP contribution in [0.25, 0.3) is 0 Å². The summed E-state index contributed by atoms with van der Waals surface area (Å²) in [7, 11) is -9.28. The van der Waals surface area contributed by atoms with Gasteiger partial charge in [-0.1, -0.05) is 0 Å². The molecule has 0 saturated heterocycles. The zero-order valence-electron chi connectivity index (χ0n) is 8.39. The smallest absolute Gasteiger partial charge is 0.412 e. The van der Waals surface area contributed by atoms with Crippen LogP contribution in [0.1, 0.15) is 0 Å². The maximum atomic E-state index is 8.88. The summed E-state index contributed by atoms with van der Waals surface area (Å²) < 4.78 is 17.8. The summed E-state index contributed by atoms with van der Waals surface area (Å²) in [6.45, 7) is 0. The first-order valence-electron chi connectivity index (χ1n) is 1.57. The number of rotatable bonds is 0. The van der Waals surface area contributed by atoms with E-state index in [1.165, 1.54) is 0 Å². The van der Waals surface area contributed by atoms with Gasteiger partial charge in [0, 0.05) is 0 Å². The van der Waals surface area contributed by atoms with E-state index >= 15 is 0 Å². The van der Waals surface area contributed by atoms with Gasteiger partial charge in [0.05, 0.1) is 0 Å². The van der Waals surface area contributed by atoms with Crippen LogP contribution in [0.2, 0.25) is 0 Å². The van der Waals surface area contributed by atoms with Crippen molar-refractivity contribution in [3.8, 4) is 0 Å². The lowest BCUT2D eigenvalue weighted by atomic mass is 15.8. The molecule has 0 aliphatic rings. The van der Waals surface area contributed by atoms with Crippen LogP contribution < -0.4 is 0 Å². The van der Waals surface area contributed by atoms with Gasteiger partial charge in [0.2, 0.25) is 0 Å². The molecule has 0 radical (unpaired) electrons. The van der Waals surface area contributed by atoms with Crippen molar-refractivity contribution in [1.82, 2.24) is 0 Å². The molecule has 0 bridgehead atoms. The minimum atomic E-state index is -4.64. The average Bonchev–Trinajstić information content (AvgIpc) is 1.12. The third-order valence-corrected chi connectivity index (χ3v) is 0. The Labute approximate surface area is 99.1 Å². The monoisotopic (exact) mass is 340 g/mol. The molecule has 22 N–H and O–H groups in total. The number of hydrogen-bond acceptors (Lipinski definition) is 2. The van der Waals surface area contributed by atoms with E-state index in [0.29, 0.717) is 0 Å². The highest BCUT2D eigenvalue weighted by Gasteiger charge is 2.00. The molecule has 0 aromatic rings. The topological polar surface area (TPSA) is 408 Å². The van der Waals surface area contributed by atoms with Crippen molar-refractivity contribution >= 4 is 15.6 Å². The van der Waals surface area contributed by atoms with Crippen molar-refractivity contribution < 1.29 is 82.3 Å². The van der Waals surface area contributed by atoms with Gasteiger partial charge in [0.1, 0.15) is 0 Å². The molecule has 18 heavy (non-hydrogen) atoms. The van der Waals surface area contributed by atoms with Gasteiger partial charge in [-0.15, -0.1) is 0 Å². The Morgan fingerprint density at radius 1 is 0.389 bits per heavy atom. The highest BCUT2D eigenvalue weighted by Crippen LogP contribution is 2.26. The summed E-state index contributed by atoms with van der Waals surface area (Å²) in [5, 5.41) is 0. The Morgan fingerprint density at radius 3 is 0.389 bits per heavy atom. The van der Waals surface area contributed by atoms with Crippen molar-refractivity contribution in [3.63, 3.8) is 0 Å². The molecule has 0 rings (SSSR count). The van der Waals surface area contributed by atoms with Crippen molar-refractivity contribution in [2.75, 3.05) is 0 Å². The minimum Gasteiger partial charge on any atom is -0.412 e. The molecule has 0 heterocycles. The van der Waals surface area contributed by atoms with E-state index in [1.54, 1.807) is 0 Å². The van der Waals surface area contributed by atoms with E-state index in [1.807, 2.05) is 0 Å². The molecule has 0 saturated carbocycles. The predicted octanol–water partition coefficient (Wildman–Crippen LogP) is -8.45. The normalized spacial score (nSPS) is 6.56. The quantitative estimate of drug-likeness (QED) is 0.229. The van der Waals surface area contributed by atoms with E-state index < -0.39 is 15.6 Å². The lowest BCUT2D eigenvalue weighted by molar-refractivity contribution is 0.272. The first-order valence-corrected chi connectivity index (χ1v) is 4.70. The minimum absolute atomic E-state index is 0. The van der Waals surface area contributed by atoms with Crippen molar-refractivity contribution in [3.05, 3.63) is 0 Å². The fourth-order valence-corrected chi connectivity index (χ4v) is 0. The second-order valence-corrected chi connectivity index (χ2v) is 3.08. The standard InChI is InChI=1S/2H3O4P.8H2O/c2*1-5(2,3)4;;;;;;;;/h2*(H3,1,2,3,4);8*1H2. The molecular formula is H22O16P2. The zero-order chi connectivity index (χ0) is 9.00. The first-order chi connectivity index (χ1) is 4.00. The molecule has 0 amide bonds. The lowest BCUT2D eigenvalue weighted by Gasteiger charge is -1.82. The Hall–Kier alpha value is -0.100. The SMILES string of the molecule is O.O.O.O.O.O.O.O.O=P(O)(O)O.O=P(O)(O)O. The third-order valence-electron chi connectivity index (χ3n) is 0. The van der Waals surface area contributed by atoms with Crippen LogP contribution in [0.15, 0.2) is 0 Å². The maximum absolute atomic E-state index is 8.88. The Balaban J connectivity index is -0.00000000615. The fourth-order valence-electron chi connectivity index (χ4n) is 0. The molecule has 0 aliphatic heterocycles. The zero-order valence-corrected chi connectivity index (χ0v) is 10.2. The van der Waals surface area contributed by atoms with Gasteiger partial charge in [0.25, 0.3) is 0 Å². The third kappa shape index (κ3) is 353000. The summed E-state index contributed by atoms with van der Waals surface area (Å²) in [6.07, 6.45) is 0. The Kier molecular flexibility index (Phi) is 137. The van der Waals surface area contributed by atoms with Crippen LogP contribution in [0.5, 0.6) is 0 Å². The highest BCUT2D eigenvalue weighted by molar-refractivity contribution is 7.45. The fraction of sp³-hybridized carbons (Fsp3) is 0. The van der Waals surface area contributed by atoms with Gasteiger partial charge in [-0.2, -0.15) is 0 Å². The Morgan fingerprint density at radius 2 is 0.389 bits per heavy atom. The van der Waals surface area contributed by atoms with Gasteiger partial charge in [0.15, 0.2) is 0 Å². The lowest BCUT2D eigenvalue weighted by Crippen LogP contribution is -1.66. The summed E-state index contributed by atoms with van der Waals surface area (Å²) in [4.78, 5) is 43.1. The van der Waals surface area contributed by atoms with Gasteiger partial charge in [-0.25, -0.2) is 9.13 Å². The van der Waals surface area contributed by atoms with Gasteiger partial charge in [-0.05, 0) is 0 Å².